The number of aliphatic hydroxyl groups is 1. The molecule has 0 bridgehead atoms. The number of halogens is 1. The maximum absolute atomic E-state index is 15.8. The number of aliphatic hydroxyl groups excluding tert-OH is 1. The molecule has 3 aromatic rings. The van der Waals surface area contributed by atoms with E-state index in [1.165, 1.54) is 30.5 Å². The van der Waals surface area contributed by atoms with Crippen LogP contribution in [0.25, 0.3) is 11.0 Å². The van der Waals surface area contributed by atoms with Crippen molar-refractivity contribution in [3.05, 3.63) is 47.3 Å². The summed E-state index contributed by atoms with van der Waals surface area (Å²) in [7, 11) is -9.14. The molecule has 62 heavy (non-hydrogen) atoms. The lowest BCUT2D eigenvalue weighted by Gasteiger charge is -2.47. The maximum atomic E-state index is 15.8. The molecule has 0 spiro atoms. The van der Waals surface area contributed by atoms with Crippen LogP contribution in [-0.2, 0) is 54.8 Å². The van der Waals surface area contributed by atoms with Crippen molar-refractivity contribution in [3.63, 3.8) is 0 Å². The van der Waals surface area contributed by atoms with Crippen LogP contribution < -0.4 is 10.3 Å². The smallest absolute Gasteiger partial charge is 0.335 e. The fourth-order valence-corrected chi connectivity index (χ4v) is 20.6. The number of hydrogen-bond donors (Lipinski definition) is 3. The van der Waals surface area contributed by atoms with Gasteiger partial charge in [-0.1, -0.05) is 55.4 Å². The number of aromatic nitrogens is 5. The average molecular weight is 965 g/mol. The van der Waals surface area contributed by atoms with Gasteiger partial charge in [-0.25, -0.2) is 19.3 Å². The summed E-state index contributed by atoms with van der Waals surface area (Å²) in [5.74, 6) is -1.17. The minimum absolute atomic E-state index is 0.0880. The van der Waals surface area contributed by atoms with Gasteiger partial charge in [-0.15, -0.1) is 0 Å². The van der Waals surface area contributed by atoms with E-state index in [0.717, 1.165) is 10.8 Å². The highest BCUT2D eigenvalue weighted by molar-refractivity contribution is 8.07. The van der Waals surface area contributed by atoms with Crippen molar-refractivity contribution >= 4 is 54.9 Å². The van der Waals surface area contributed by atoms with E-state index in [1.54, 1.807) is 6.07 Å². The first-order chi connectivity index (χ1) is 29.2. The predicted octanol–water partition coefficient (Wildman–Crippen LogP) is 5.65. The number of nitriles is 1. The van der Waals surface area contributed by atoms with Crippen LogP contribution in [0.3, 0.4) is 0 Å². The largest absolute Gasteiger partial charge is 0.474 e. The zero-order valence-corrected chi connectivity index (χ0v) is 41.0. The number of fused-ring (bicyclic) bond motifs is 1. The molecule has 5 rings (SSSR count). The minimum Gasteiger partial charge on any atom is -0.474 e. The summed E-state index contributed by atoms with van der Waals surface area (Å²) in [6.45, 7) is 10.2. The van der Waals surface area contributed by atoms with E-state index in [-0.39, 0.29) is 65.7 Å². The fraction of sp³-hybridized carbons (Fsp3) is 0.703. The van der Waals surface area contributed by atoms with Crippen molar-refractivity contribution in [1.29, 1.82) is 5.26 Å². The summed E-state index contributed by atoms with van der Waals surface area (Å²) >= 11 is 6.08. The van der Waals surface area contributed by atoms with Crippen LogP contribution >= 0.6 is 15.0 Å². The quantitative estimate of drug-likeness (QED) is 0.0626. The number of hydrogen-bond acceptors (Lipinski definition) is 17. The molecular formula is C37H59FN6O13P2SSi2. The molecule has 2 aliphatic rings. The van der Waals surface area contributed by atoms with E-state index < -0.39 is 92.7 Å². The Hall–Kier alpha value is -2.37. The maximum Gasteiger partial charge on any atom is 0.335 e. The van der Waals surface area contributed by atoms with Crippen LogP contribution in [0, 0.1) is 23.1 Å². The van der Waals surface area contributed by atoms with Gasteiger partial charge in [0.1, 0.15) is 36.1 Å². The summed E-state index contributed by atoms with van der Waals surface area (Å²) in [4.78, 5) is 47.6. The molecule has 1 aliphatic carbocycles. The van der Waals surface area contributed by atoms with Gasteiger partial charge in [-0.3, -0.25) is 13.9 Å². The van der Waals surface area contributed by atoms with Gasteiger partial charge in [0.15, 0.2) is 17.7 Å². The lowest BCUT2D eigenvalue weighted by atomic mass is 10.1. The van der Waals surface area contributed by atoms with Gasteiger partial charge in [0.2, 0.25) is 5.88 Å². The lowest BCUT2D eigenvalue weighted by molar-refractivity contribution is -0.0508. The third-order valence-corrected chi connectivity index (χ3v) is 23.9. The second-order valence-corrected chi connectivity index (χ2v) is 29.1. The molecule has 4 heterocycles. The van der Waals surface area contributed by atoms with Crippen LogP contribution in [0.2, 0.25) is 22.2 Å². The number of rotatable bonds is 22. The van der Waals surface area contributed by atoms with E-state index in [9.17, 15) is 29.4 Å². The number of nitrogens with zero attached hydrogens (tertiary/aromatic N) is 6. The van der Waals surface area contributed by atoms with Gasteiger partial charge < -0.3 is 55.5 Å². The third-order valence-electron chi connectivity index (χ3n) is 11.3. The van der Waals surface area contributed by atoms with Crippen molar-refractivity contribution in [2.75, 3.05) is 19.8 Å². The van der Waals surface area contributed by atoms with E-state index in [4.69, 9.17) is 47.9 Å². The molecule has 1 aliphatic heterocycles. The molecular weight excluding hydrogens is 906 g/mol. The van der Waals surface area contributed by atoms with Gasteiger partial charge >= 0.3 is 32.1 Å². The van der Waals surface area contributed by atoms with Crippen molar-refractivity contribution in [2.24, 2.45) is 13.0 Å². The van der Waals surface area contributed by atoms with Crippen molar-refractivity contribution < 1.29 is 59.9 Å². The highest BCUT2D eigenvalue weighted by Crippen LogP contribution is 2.57. The molecule has 2 fully saturated rings. The summed E-state index contributed by atoms with van der Waals surface area (Å²) in [5, 5.41) is 20.1. The molecule has 3 N–H and O–H groups in total. The second kappa shape index (κ2) is 21.3. The zero-order chi connectivity index (χ0) is 45.7. The van der Waals surface area contributed by atoms with E-state index >= 15 is 4.39 Å². The number of aryl methyl sites for hydroxylation is 1. The molecule has 0 aromatic carbocycles. The SMILES string of the molecule is CC(C)[Si](O)(O[Si](O[C@H]1[C@@H](O[P@@](=S)(OCCC#N)OC[C@H]2C[C@@H](Oc3ccncn3)C[C@@H]2O[PH](=O)O)[C@H](n2cc(F)c3c(=O)n(C)cnc32)O[C@@H]1CO)(C(C)C)C(C)C)C(C)C. The molecule has 9 atom stereocenters. The monoisotopic (exact) mass is 964 g/mol. The molecule has 1 unspecified atom stereocenters. The van der Waals surface area contributed by atoms with Crippen LogP contribution in [-0.4, -0.2) is 106 Å². The Kier molecular flexibility index (Phi) is 17.4. The van der Waals surface area contributed by atoms with Crippen molar-refractivity contribution in [3.8, 4) is 11.9 Å². The molecule has 346 valence electrons. The highest BCUT2D eigenvalue weighted by Gasteiger charge is 2.60. The lowest BCUT2D eigenvalue weighted by Crippen LogP contribution is -2.62. The molecule has 3 aromatic heterocycles. The topological polar surface area (TPSA) is 241 Å². The zero-order valence-electron chi connectivity index (χ0n) is 36.3. The van der Waals surface area contributed by atoms with Gasteiger partial charge in [-0.05, 0) is 40.4 Å². The van der Waals surface area contributed by atoms with Gasteiger partial charge in [0, 0.05) is 37.8 Å². The molecule has 0 amide bonds. The predicted molar refractivity (Wildman–Crippen MR) is 233 cm³/mol. The summed E-state index contributed by atoms with van der Waals surface area (Å²) in [5.41, 5.74) is -1.79. The Morgan fingerprint density at radius 3 is 2.37 bits per heavy atom. The van der Waals surface area contributed by atoms with Crippen LogP contribution in [0.4, 0.5) is 4.39 Å². The van der Waals surface area contributed by atoms with Crippen LogP contribution in [0.1, 0.15) is 80.9 Å². The molecule has 1 saturated carbocycles. The van der Waals surface area contributed by atoms with Crippen molar-refractivity contribution in [1.82, 2.24) is 24.1 Å². The Morgan fingerprint density at radius 2 is 1.79 bits per heavy atom. The van der Waals surface area contributed by atoms with Crippen molar-refractivity contribution in [2.45, 2.75) is 134 Å². The molecule has 25 heteroatoms. The van der Waals surface area contributed by atoms with Crippen LogP contribution in [0.5, 0.6) is 5.88 Å². The third kappa shape index (κ3) is 11.2. The molecule has 19 nitrogen and oxygen atoms in total. The van der Waals surface area contributed by atoms with E-state index in [0.29, 0.717) is 5.88 Å². The molecule has 0 radical (unpaired) electrons. The minimum atomic E-state index is -4.05. The Morgan fingerprint density at radius 1 is 1.10 bits per heavy atom. The fourth-order valence-electron chi connectivity index (χ4n) is 8.02. The Bertz CT molecular complexity index is 2140. The molecule has 1 saturated heterocycles. The first kappa shape index (κ1) is 50.6. The van der Waals surface area contributed by atoms with E-state index in [1.807, 2.05) is 61.5 Å². The first-order valence-electron chi connectivity index (χ1n) is 20.5. The summed E-state index contributed by atoms with van der Waals surface area (Å²) in [6.07, 6.45) is -0.976. The second-order valence-electron chi connectivity index (χ2n) is 16.8. The normalized spacial score (nSPS) is 25.0. The summed E-state index contributed by atoms with van der Waals surface area (Å²) in [6, 6.07) is 3.58. The Labute approximate surface area is 368 Å². The summed E-state index contributed by atoms with van der Waals surface area (Å²) < 4.78 is 81.7. The number of ether oxygens (including phenoxy) is 2. The van der Waals surface area contributed by atoms with Crippen LogP contribution in [0.15, 0.2) is 35.9 Å². The average Bonchev–Trinajstić information content (AvgIpc) is 3.86. The van der Waals surface area contributed by atoms with Gasteiger partial charge in [0.05, 0.1) is 44.7 Å². The standard InChI is InChI=1S/C37H59FN6O13P2SSi2/c1-22(2)61(49,23(3)4)57-62(24(5)6,25(7)8)56-33-30(18-45)53-37(44-17-28(38)32-35(44)42-21-43(9)36(32)46)34(33)55-59(60,50-14-10-12-39)51-19-26-15-27(16-29(26)54-58(47)48)52-31-11-13-40-20-41-31/h11,13,17,20-27,29-30,33-34,37,45,49,58H,10,14-16,18-19H2,1-9H3,(H,47,48)/t26-,27-,29+,30-,33-,34-,37-,59-/m1/s1. The highest BCUT2D eigenvalue weighted by atomic mass is 32.5. The van der Waals surface area contributed by atoms with Gasteiger partial charge in [-0.2, -0.15) is 5.26 Å². The van der Waals surface area contributed by atoms with E-state index in [2.05, 4.69) is 15.0 Å². The van der Waals surface area contributed by atoms with Gasteiger partial charge in [0.25, 0.3) is 5.56 Å². The first-order valence-corrected chi connectivity index (χ1v) is 28.3. The Balaban J connectivity index is 1.60.